The van der Waals surface area contributed by atoms with E-state index in [4.69, 9.17) is 0 Å². The van der Waals surface area contributed by atoms with Crippen LogP contribution in [0, 0.1) is 28.6 Å². The summed E-state index contributed by atoms with van der Waals surface area (Å²) in [4.78, 5) is 13.3. The average Bonchev–Trinajstić information content (AvgIpc) is 3.01. The van der Waals surface area contributed by atoms with Gasteiger partial charge >= 0.3 is 0 Å². The van der Waals surface area contributed by atoms with Crippen molar-refractivity contribution >= 4 is 5.78 Å². The summed E-state index contributed by atoms with van der Waals surface area (Å²) < 4.78 is 0. The van der Waals surface area contributed by atoms with E-state index >= 15 is 0 Å². The van der Waals surface area contributed by atoms with E-state index in [0.717, 1.165) is 0 Å². The standard InChI is InChI=1S/C27H44O9/c1-23(2,34)20(32)10-21(33)26(5,35)19-6-7-27(36)14-9-15(28)13-8-16(29)17(30)11-24(13,3)22(14)18(31)12-25(19,27)4/h9,13,16-22,29-36H,6-8,10-12H2,1-5H3/t13-,16+,17-,18+,19-,20+,21+,22+,24-,25+,26+,27+/m0/s1. The van der Waals surface area contributed by atoms with Gasteiger partial charge in [-0.1, -0.05) is 13.8 Å². The summed E-state index contributed by atoms with van der Waals surface area (Å²) in [6.45, 7) is 7.87. The first-order valence-electron chi connectivity index (χ1n) is 13.1. The molecule has 0 aromatic heterocycles. The van der Waals surface area contributed by atoms with Crippen LogP contribution in [0.5, 0.6) is 0 Å². The zero-order chi connectivity index (χ0) is 27.2. The highest BCUT2D eigenvalue weighted by atomic mass is 16.4. The molecule has 4 aliphatic carbocycles. The maximum absolute atomic E-state index is 13.3. The number of carbonyl (C=O) groups excluding carboxylic acids is 1. The molecule has 9 heteroatoms. The molecule has 0 bridgehead atoms. The molecule has 36 heavy (non-hydrogen) atoms. The highest BCUT2D eigenvalue weighted by molar-refractivity contribution is 5.95. The van der Waals surface area contributed by atoms with Gasteiger partial charge in [0.05, 0.1) is 47.3 Å². The van der Waals surface area contributed by atoms with Crippen molar-refractivity contribution in [3.8, 4) is 0 Å². The third-order valence-corrected chi connectivity index (χ3v) is 10.7. The molecule has 206 valence electrons. The van der Waals surface area contributed by atoms with Crippen LogP contribution < -0.4 is 0 Å². The highest BCUT2D eigenvalue weighted by Crippen LogP contribution is 2.68. The van der Waals surface area contributed by atoms with Crippen molar-refractivity contribution in [2.45, 2.75) is 120 Å². The molecule has 0 aromatic carbocycles. The fourth-order valence-electron chi connectivity index (χ4n) is 8.39. The van der Waals surface area contributed by atoms with Crippen LogP contribution in [0.1, 0.15) is 73.1 Å². The Morgan fingerprint density at radius 2 is 1.61 bits per heavy atom. The van der Waals surface area contributed by atoms with Crippen LogP contribution in [0.2, 0.25) is 0 Å². The molecule has 0 radical (unpaired) electrons. The summed E-state index contributed by atoms with van der Waals surface area (Å²) in [6.07, 6.45) is -3.82. The van der Waals surface area contributed by atoms with Crippen molar-refractivity contribution in [1.29, 1.82) is 0 Å². The van der Waals surface area contributed by atoms with Gasteiger partial charge in [0.1, 0.15) is 0 Å². The number of carbonyl (C=O) groups is 1. The molecule has 4 aliphatic rings. The van der Waals surface area contributed by atoms with Crippen molar-refractivity contribution < 1.29 is 45.6 Å². The van der Waals surface area contributed by atoms with E-state index < -0.39 is 75.9 Å². The quantitative estimate of drug-likeness (QED) is 0.247. The van der Waals surface area contributed by atoms with Gasteiger partial charge < -0.3 is 40.9 Å². The number of rotatable bonds is 5. The van der Waals surface area contributed by atoms with Gasteiger partial charge in [0.25, 0.3) is 0 Å². The van der Waals surface area contributed by atoms with Crippen molar-refractivity contribution in [2.24, 2.45) is 28.6 Å². The summed E-state index contributed by atoms with van der Waals surface area (Å²) in [7, 11) is 0. The van der Waals surface area contributed by atoms with E-state index in [2.05, 4.69) is 0 Å². The third-order valence-electron chi connectivity index (χ3n) is 10.7. The van der Waals surface area contributed by atoms with Crippen molar-refractivity contribution in [2.75, 3.05) is 0 Å². The second-order valence-corrected chi connectivity index (χ2v) is 13.4. The molecule has 3 saturated carbocycles. The minimum Gasteiger partial charge on any atom is -0.392 e. The molecule has 0 unspecified atom stereocenters. The lowest BCUT2D eigenvalue weighted by Gasteiger charge is -2.62. The van der Waals surface area contributed by atoms with Gasteiger partial charge in [-0.15, -0.1) is 0 Å². The SMILES string of the molecule is CC(C)(O)[C@H](O)C[C@@H](O)[C@](C)(O)[C@H]1CC[C@@]2(O)C3=CC(=O)[C@@H]4C[C@@H](O)[C@@H](O)C[C@]4(C)[C@H]3[C@H](O)C[C@]12C. The van der Waals surface area contributed by atoms with Crippen LogP contribution in [0.4, 0.5) is 0 Å². The minimum absolute atomic E-state index is 0.0895. The Balaban J connectivity index is 1.71. The van der Waals surface area contributed by atoms with Crippen LogP contribution in [0.25, 0.3) is 0 Å². The molecule has 12 atom stereocenters. The van der Waals surface area contributed by atoms with Gasteiger partial charge in [0.2, 0.25) is 0 Å². The lowest BCUT2D eigenvalue weighted by Crippen LogP contribution is -2.66. The van der Waals surface area contributed by atoms with Crippen molar-refractivity contribution in [3.63, 3.8) is 0 Å². The topological polar surface area (TPSA) is 179 Å². The number of aliphatic hydroxyl groups is 8. The number of fused-ring (bicyclic) bond motifs is 5. The summed E-state index contributed by atoms with van der Waals surface area (Å²) in [6, 6.07) is 0. The molecule has 8 N–H and O–H groups in total. The lowest BCUT2D eigenvalue weighted by atomic mass is 9.44. The second kappa shape index (κ2) is 8.55. The molecule has 0 amide bonds. The van der Waals surface area contributed by atoms with E-state index in [0.29, 0.717) is 12.0 Å². The molecule has 4 rings (SSSR count). The molecule has 0 spiro atoms. The smallest absolute Gasteiger partial charge is 0.159 e. The Morgan fingerprint density at radius 3 is 2.19 bits per heavy atom. The predicted molar refractivity (Wildman–Crippen MR) is 129 cm³/mol. The fourth-order valence-corrected chi connectivity index (χ4v) is 8.39. The average molecular weight is 513 g/mol. The number of allylic oxidation sites excluding steroid dienone is 1. The summed E-state index contributed by atoms with van der Waals surface area (Å²) in [5.74, 6) is -2.12. The first kappa shape index (κ1) is 28.1. The summed E-state index contributed by atoms with van der Waals surface area (Å²) >= 11 is 0. The third kappa shape index (κ3) is 3.85. The van der Waals surface area contributed by atoms with Gasteiger partial charge in [-0.2, -0.15) is 0 Å². The number of hydrogen-bond donors (Lipinski definition) is 8. The van der Waals surface area contributed by atoms with Gasteiger partial charge in [-0.3, -0.25) is 4.79 Å². The molecular formula is C27H44O9. The van der Waals surface area contributed by atoms with Crippen LogP contribution in [-0.4, -0.2) is 94.0 Å². The first-order chi connectivity index (χ1) is 16.3. The van der Waals surface area contributed by atoms with Crippen LogP contribution in [-0.2, 0) is 4.79 Å². The van der Waals surface area contributed by atoms with Crippen molar-refractivity contribution in [3.05, 3.63) is 11.6 Å². The second-order valence-electron chi connectivity index (χ2n) is 13.4. The van der Waals surface area contributed by atoms with E-state index in [1.165, 1.54) is 26.8 Å². The van der Waals surface area contributed by atoms with Gasteiger partial charge in [-0.25, -0.2) is 0 Å². The molecule has 0 saturated heterocycles. The Hall–Kier alpha value is -0.910. The van der Waals surface area contributed by atoms with Crippen LogP contribution in [0.15, 0.2) is 11.6 Å². The number of hydrogen-bond acceptors (Lipinski definition) is 9. The molecular weight excluding hydrogens is 468 g/mol. The van der Waals surface area contributed by atoms with E-state index in [9.17, 15) is 45.6 Å². The monoisotopic (exact) mass is 512 g/mol. The Bertz CT molecular complexity index is 925. The molecule has 0 aliphatic heterocycles. The lowest BCUT2D eigenvalue weighted by molar-refractivity contribution is -0.200. The molecule has 0 aromatic rings. The molecule has 0 heterocycles. The van der Waals surface area contributed by atoms with E-state index in [1.54, 1.807) is 6.92 Å². The zero-order valence-corrected chi connectivity index (χ0v) is 21.9. The predicted octanol–water partition coefficient (Wildman–Crippen LogP) is -0.204. The largest absolute Gasteiger partial charge is 0.392 e. The summed E-state index contributed by atoms with van der Waals surface area (Å²) in [5, 5.41) is 87.4. The summed E-state index contributed by atoms with van der Waals surface area (Å²) in [5.41, 5.74) is -6.34. The van der Waals surface area contributed by atoms with Crippen LogP contribution >= 0.6 is 0 Å². The maximum atomic E-state index is 13.3. The molecule has 3 fully saturated rings. The Kier molecular flexibility index (Phi) is 6.67. The number of aliphatic hydroxyl groups excluding tert-OH is 5. The maximum Gasteiger partial charge on any atom is 0.159 e. The highest BCUT2D eigenvalue weighted by Gasteiger charge is 2.71. The first-order valence-corrected chi connectivity index (χ1v) is 13.1. The van der Waals surface area contributed by atoms with Gasteiger partial charge in [0.15, 0.2) is 5.78 Å². The Labute approximate surface area is 212 Å². The normalized spacial score (nSPS) is 48.2. The van der Waals surface area contributed by atoms with Gasteiger partial charge in [0, 0.05) is 23.7 Å². The van der Waals surface area contributed by atoms with E-state index in [1.807, 2.05) is 6.92 Å². The zero-order valence-electron chi connectivity index (χ0n) is 21.9. The van der Waals surface area contributed by atoms with Crippen LogP contribution in [0.3, 0.4) is 0 Å². The van der Waals surface area contributed by atoms with Crippen molar-refractivity contribution in [1.82, 2.24) is 0 Å². The Morgan fingerprint density at radius 1 is 1.00 bits per heavy atom. The van der Waals surface area contributed by atoms with E-state index in [-0.39, 0.29) is 37.9 Å². The fraction of sp³-hybridized carbons (Fsp3) is 0.889. The minimum atomic E-state index is -1.77. The van der Waals surface area contributed by atoms with Gasteiger partial charge in [-0.05, 0) is 75.9 Å². The number of ketones is 1. The molecule has 9 nitrogen and oxygen atoms in total.